The van der Waals surface area contributed by atoms with E-state index in [0.29, 0.717) is 4.47 Å². The molecule has 2 rings (SSSR count). The molecule has 1 heterocycles. The molecule has 0 bridgehead atoms. The average molecular weight is 368 g/mol. The number of benzene rings is 1. The van der Waals surface area contributed by atoms with Gasteiger partial charge in [-0.15, -0.1) is 0 Å². The largest absolute Gasteiger partial charge is 0.394 e. The third-order valence-corrected chi connectivity index (χ3v) is 5.64. The molecule has 112 valence electrons. The lowest BCUT2D eigenvalue weighted by atomic mass is 10.2. The minimum Gasteiger partial charge on any atom is -0.394 e. The molecular formula is C12H15BrFNO4S. The van der Waals surface area contributed by atoms with E-state index in [9.17, 15) is 12.8 Å². The van der Waals surface area contributed by atoms with Gasteiger partial charge < -0.3 is 9.84 Å². The second kappa shape index (κ2) is 6.07. The molecule has 1 aromatic rings. The van der Waals surface area contributed by atoms with Crippen LogP contribution < -0.4 is 0 Å². The predicted molar refractivity (Wildman–Crippen MR) is 74.3 cm³/mol. The molecule has 1 N–H and O–H groups in total. The molecular weight excluding hydrogens is 353 g/mol. The van der Waals surface area contributed by atoms with Gasteiger partial charge in [0.25, 0.3) is 0 Å². The first kappa shape index (κ1) is 15.8. The molecule has 1 aromatic carbocycles. The summed E-state index contributed by atoms with van der Waals surface area (Å²) in [4.78, 5) is -0.369. The van der Waals surface area contributed by atoms with Crippen LogP contribution in [0, 0.1) is 5.82 Å². The Bertz CT molecular complexity index is 595. The Morgan fingerprint density at radius 1 is 1.55 bits per heavy atom. The molecule has 20 heavy (non-hydrogen) atoms. The maximum absolute atomic E-state index is 13.9. The van der Waals surface area contributed by atoms with Crippen molar-refractivity contribution in [2.45, 2.75) is 24.0 Å². The first-order chi connectivity index (χ1) is 9.36. The monoisotopic (exact) mass is 367 g/mol. The van der Waals surface area contributed by atoms with Crippen LogP contribution >= 0.6 is 15.9 Å². The Hall–Kier alpha value is -0.540. The molecule has 5 nitrogen and oxygen atoms in total. The van der Waals surface area contributed by atoms with E-state index in [4.69, 9.17) is 9.84 Å². The van der Waals surface area contributed by atoms with Crippen molar-refractivity contribution in [2.75, 3.05) is 19.8 Å². The highest BCUT2D eigenvalue weighted by molar-refractivity contribution is 9.10. The highest BCUT2D eigenvalue weighted by Crippen LogP contribution is 2.26. The highest BCUT2D eigenvalue weighted by atomic mass is 79.9. The second-order valence-corrected chi connectivity index (χ2v) is 7.41. The van der Waals surface area contributed by atoms with Gasteiger partial charge in [-0.2, -0.15) is 4.31 Å². The standard InChI is InChI=1S/C12H15BrFNO4S/c1-8-7-19-10(6-16)5-15(8)20(17,18)12-3-2-9(13)4-11(12)14/h2-4,8,10,16H,5-7H2,1H3. The Labute approximate surface area is 125 Å². The molecule has 0 aliphatic carbocycles. The fourth-order valence-corrected chi connectivity index (χ4v) is 4.08. The van der Waals surface area contributed by atoms with Crippen LogP contribution in [-0.4, -0.2) is 49.7 Å². The van der Waals surface area contributed by atoms with Gasteiger partial charge in [-0.05, 0) is 25.1 Å². The summed E-state index contributed by atoms with van der Waals surface area (Å²) in [5, 5.41) is 9.10. The molecule has 0 amide bonds. The van der Waals surface area contributed by atoms with Crippen molar-refractivity contribution in [3.8, 4) is 0 Å². The van der Waals surface area contributed by atoms with Crippen molar-refractivity contribution in [2.24, 2.45) is 0 Å². The zero-order valence-corrected chi connectivity index (χ0v) is 13.2. The number of halogens is 2. The number of aliphatic hydroxyl groups excluding tert-OH is 1. The molecule has 1 saturated heterocycles. The lowest BCUT2D eigenvalue weighted by Crippen LogP contribution is -2.51. The zero-order valence-electron chi connectivity index (χ0n) is 10.8. The number of sulfonamides is 1. The van der Waals surface area contributed by atoms with E-state index >= 15 is 0 Å². The summed E-state index contributed by atoms with van der Waals surface area (Å²) in [5.74, 6) is -0.807. The predicted octanol–water partition coefficient (Wildman–Crippen LogP) is 1.36. The van der Waals surface area contributed by atoms with Gasteiger partial charge in [-0.3, -0.25) is 0 Å². The normalized spacial score (nSPS) is 24.8. The average Bonchev–Trinajstić information content (AvgIpc) is 2.38. The van der Waals surface area contributed by atoms with Crippen molar-refractivity contribution in [3.05, 3.63) is 28.5 Å². The maximum Gasteiger partial charge on any atom is 0.246 e. The van der Waals surface area contributed by atoms with Crippen molar-refractivity contribution in [1.82, 2.24) is 4.31 Å². The minimum atomic E-state index is -3.96. The first-order valence-electron chi connectivity index (χ1n) is 6.05. The fraction of sp³-hybridized carbons (Fsp3) is 0.500. The van der Waals surface area contributed by atoms with Crippen LogP contribution in [0.1, 0.15) is 6.92 Å². The summed E-state index contributed by atoms with van der Waals surface area (Å²) in [6.45, 7) is 1.58. The van der Waals surface area contributed by atoms with E-state index in [2.05, 4.69) is 15.9 Å². The lowest BCUT2D eigenvalue weighted by Gasteiger charge is -2.36. The maximum atomic E-state index is 13.9. The minimum absolute atomic E-state index is 0.00943. The van der Waals surface area contributed by atoms with Crippen molar-refractivity contribution < 1.29 is 22.7 Å². The Morgan fingerprint density at radius 2 is 2.25 bits per heavy atom. The van der Waals surface area contributed by atoms with Gasteiger partial charge in [0, 0.05) is 17.1 Å². The Morgan fingerprint density at radius 3 is 2.85 bits per heavy atom. The van der Waals surface area contributed by atoms with Gasteiger partial charge in [0.05, 0.1) is 19.3 Å². The van der Waals surface area contributed by atoms with E-state index < -0.39 is 28.0 Å². The van der Waals surface area contributed by atoms with Crippen LogP contribution in [0.15, 0.2) is 27.6 Å². The van der Waals surface area contributed by atoms with Crippen molar-refractivity contribution in [3.63, 3.8) is 0 Å². The van der Waals surface area contributed by atoms with Crippen LogP contribution in [0.5, 0.6) is 0 Å². The van der Waals surface area contributed by atoms with Crippen LogP contribution in [0.2, 0.25) is 0 Å². The molecule has 1 aliphatic heterocycles. The smallest absolute Gasteiger partial charge is 0.246 e. The van der Waals surface area contributed by atoms with E-state index in [1.54, 1.807) is 6.92 Å². The summed E-state index contributed by atoms with van der Waals surface area (Å²) in [7, 11) is -3.96. The molecule has 8 heteroatoms. The topological polar surface area (TPSA) is 66.8 Å². The number of rotatable bonds is 3. The number of nitrogens with zero attached hydrogens (tertiary/aromatic N) is 1. The number of aliphatic hydroxyl groups is 1. The Kier molecular flexibility index (Phi) is 4.80. The van der Waals surface area contributed by atoms with Gasteiger partial charge in [0.2, 0.25) is 10.0 Å². The molecule has 1 aliphatic rings. The molecule has 0 radical (unpaired) electrons. The summed E-state index contributed by atoms with van der Waals surface area (Å²) in [6.07, 6.45) is -0.584. The molecule has 2 atom stereocenters. The van der Waals surface area contributed by atoms with E-state index in [-0.39, 0.29) is 24.7 Å². The summed E-state index contributed by atoms with van der Waals surface area (Å²) >= 11 is 3.09. The van der Waals surface area contributed by atoms with Gasteiger partial charge in [-0.1, -0.05) is 15.9 Å². The van der Waals surface area contributed by atoms with Gasteiger partial charge in [-0.25, -0.2) is 12.8 Å². The van der Waals surface area contributed by atoms with E-state index in [0.717, 1.165) is 6.07 Å². The summed E-state index contributed by atoms with van der Waals surface area (Å²) in [6, 6.07) is 3.41. The molecule has 0 aromatic heterocycles. The number of ether oxygens (including phenoxy) is 1. The number of hydrogen-bond acceptors (Lipinski definition) is 4. The number of hydrogen-bond donors (Lipinski definition) is 1. The summed E-state index contributed by atoms with van der Waals surface area (Å²) in [5.41, 5.74) is 0. The van der Waals surface area contributed by atoms with Crippen LogP contribution in [0.25, 0.3) is 0 Å². The third kappa shape index (κ3) is 3.04. The second-order valence-electron chi connectivity index (χ2n) is 4.64. The number of morpholine rings is 1. The molecule has 0 spiro atoms. The van der Waals surface area contributed by atoms with Crippen molar-refractivity contribution in [1.29, 1.82) is 0 Å². The SMILES string of the molecule is CC1COC(CO)CN1S(=O)(=O)c1ccc(Br)cc1F. The zero-order chi connectivity index (χ0) is 14.9. The van der Waals surface area contributed by atoms with E-state index in [1.165, 1.54) is 16.4 Å². The van der Waals surface area contributed by atoms with Crippen LogP contribution in [0.4, 0.5) is 4.39 Å². The van der Waals surface area contributed by atoms with Crippen LogP contribution in [0.3, 0.4) is 0 Å². The van der Waals surface area contributed by atoms with Gasteiger partial charge in [0.15, 0.2) is 0 Å². The highest BCUT2D eigenvalue weighted by Gasteiger charge is 2.36. The summed E-state index contributed by atoms with van der Waals surface area (Å²) < 4.78 is 45.9. The van der Waals surface area contributed by atoms with Gasteiger partial charge >= 0.3 is 0 Å². The van der Waals surface area contributed by atoms with Gasteiger partial charge in [0.1, 0.15) is 10.7 Å². The van der Waals surface area contributed by atoms with Crippen LogP contribution in [-0.2, 0) is 14.8 Å². The van der Waals surface area contributed by atoms with E-state index in [1.807, 2.05) is 0 Å². The third-order valence-electron chi connectivity index (χ3n) is 3.13. The lowest BCUT2D eigenvalue weighted by molar-refractivity contribution is -0.0516. The molecule has 2 unspecified atom stereocenters. The molecule has 1 fully saturated rings. The van der Waals surface area contributed by atoms with Crippen molar-refractivity contribution >= 4 is 26.0 Å². The Balaban J connectivity index is 2.38. The quantitative estimate of drug-likeness (QED) is 0.875. The fourth-order valence-electron chi connectivity index (χ4n) is 2.05. The molecule has 0 saturated carbocycles. The first-order valence-corrected chi connectivity index (χ1v) is 8.29.